The molecular formula is C23H24N6O. The van der Waals surface area contributed by atoms with Gasteiger partial charge in [0.25, 0.3) is 5.56 Å². The average molecular weight is 400 g/mol. The zero-order valence-corrected chi connectivity index (χ0v) is 17.0. The van der Waals surface area contributed by atoms with Crippen molar-refractivity contribution in [3.8, 4) is 11.4 Å². The van der Waals surface area contributed by atoms with E-state index in [-0.39, 0.29) is 5.56 Å². The first kappa shape index (κ1) is 17.7. The molecule has 4 aromatic rings. The van der Waals surface area contributed by atoms with Crippen LogP contribution >= 0.6 is 0 Å². The molecule has 0 saturated carbocycles. The molecule has 152 valence electrons. The van der Waals surface area contributed by atoms with Crippen LogP contribution in [-0.4, -0.2) is 42.1 Å². The van der Waals surface area contributed by atoms with Crippen molar-refractivity contribution in [1.29, 1.82) is 0 Å². The molecule has 0 radical (unpaired) electrons. The van der Waals surface area contributed by atoms with Crippen molar-refractivity contribution in [3.05, 3.63) is 70.8 Å². The fourth-order valence-electron chi connectivity index (χ4n) is 5.37. The topological polar surface area (TPSA) is 71.7 Å². The lowest BCUT2D eigenvalue weighted by Gasteiger charge is -2.43. The molecule has 2 aliphatic heterocycles. The Morgan fingerprint density at radius 3 is 2.97 bits per heavy atom. The van der Waals surface area contributed by atoms with Gasteiger partial charge in [0, 0.05) is 75.0 Å². The molecule has 4 aromatic heterocycles. The molecule has 30 heavy (non-hydrogen) atoms. The summed E-state index contributed by atoms with van der Waals surface area (Å²) in [5.74, 6) is 1.63. The van der Waals surface area contributed by atoms with Gasteiger partial charge in [-0.15, -0.1) is 0 Å². The Morgan fingerprint density at radius 2 is 2.10 bits per heavy atom. The number of rotatable bonds is 3. The van der Waals surface area contributed by atoms with Gasteiger partial charge in [-0.25, -0.2) is 4.98 Å². The summed E-state index contributed by atoms with van der Waals surface area (Å²) in [4.78, 5) is 27.7. The zero-order valence-electron chi connectivity index (χ0n) is 17.0. The van der Waals surface area contributed by atoms with Crippen LogP contribution in [0.1, 0.15) is 23.6 Å². The van der Waals surface area contributed by atoms with Crippen LogP contribution in [0, 0.1) is 5.92 Å². The van der Waals surface area contributed by atoms with E-state index in [1.807, 2.05) is 40.8 Å². The third-order valence-corrected chi connectivity index (χ3v) is 6.70. The number of nitrogens with zero attached hydrogens (tertiary/aromatic N) is 5. The first-order chi connectivity index (χ1) is 14.7. The Morgan fingerprint density at radius 1 is 1.17 bits per heavy atom. The molecule has 2 bridgehead atoms. The summed E-state index contributed by atoms with van der Waals surface area (Å²) < 4.78 is 3.92. The number of aromatic amines is 1. The predicted octanol–water partition coefficient (Wildman–Crippen LogP) is 2.74. The maximum absolute atomic E-state index is 13.3. The lowest BCUT2D eigenvalue weighted by molar-refractivity contribution is 0.115. The number of H-pyrrole nitrogens is 1. The summed E-state index contributed by atoms with van der Waals surface area (Å²) in [6.07, 6.45) is 10.6. The Bertz CT molecular complexity index is 1300. The van der Waals surface area contributed by atoms with Crippen molar-refractivity contribution in [2.75, 3.05) is 13.1 Å². The van der Waals surface area contributed by atoms with Crippen molar-refractivity contribution < 1.29 is 0 Å². The molecule has 0 aliphatic carbocycles. The minimum absolute atomic E-state index is 0.0917. The Kier molecular flexibility index (Phi) is 3.92. The molecule has 2 aliphatic rings. The van der Waals surface area contributed by atoms with Gasteiger partial charge in [0.15, 0.2) is 0 Å². The summed E-state index contributed by atoms with van der Waals surface area (Å²) in [6.45, 7) is 3.71. The monoisotopic (exact) mass is 400 g/mol. The van der Waals surface area contributed by atoms with Crippen molar-refractivity contribution in [1.82, 2.24) is 29.0 Å². The number of fused-ring (bicyclic) bond motifs is 5. The molecule has 7 nitrogen and oxygen atoms in total. The van der Waals surface area contributed by atoms with Gasteiger partial charge in [-0.3, -0.25) is 14.7 Å². The molecular weight excluding hydrogens is 376 g/mol. The largest absolute Gasteiger partial charge is 0.360 e. The summed E-state index contributed by atoms with van der Waals surface area (Å²) in [7, 11) is 1.93. The van der Waals surface area contributed by atoms with Gasteiger partial charge in [0.2, 0.25) is 0 Å². The van der Waals surface area contributed by atoms with Crippen LogP contribution in [0.3, 0.4) is 0 Å². The van der Waals surface area contributed by atoms with E-state index in [0.29, 0.717) is 17.4 Å². The van der Waals surface area contributed by atoms with E-state index >= 15 is 0 Å². The summed E-state index contributed by atoms with van der Waals surface area (Å²) in [5.41, 5.74) is 4.35. The number of pyridine rings is 2. The van der Waals surface area contributed by atoms with E-state index in [0.717, 1.165) is 43.9 Å². The highest BCUT2D eigenvalue weighted by molar-refractivity contribution is 5.82. The van der Waals surface area contributed by atoms with E-state index in [4.69, 9.17) is 0 Å². The van der Waals surface area contributed by atoms with Gasteiger partial charge in [0.1, 0.15) is 5.82 Å². The Balaban J connectivity index is 1.30. The number of aryl methyl sites for hydroxylation is 1. The predicted molar refractivity (Wildman–Crippen MR) is 115 cm³/mol. The Hall–Kier alpha value is -3.19. The highest BCUT2D eigenvalue weighted by atomic mass is 16.1. The third-order valence-electron chi connectivity index (χ3n) is 6.70. The number of likely N-dealkylation sites (tertiary alicyclic amines) is 1. The summed E-state index contributed by atoms with van der Waals surface area (Å²) in [6, 6.07) is 6.19. The highest BCUT2D eigenvalue weighted by Crippen LogP contribution is 2.36. The molecule has 0 spiro atoms. The molecule has 2 atom stereocenters. The van der Waals surface area contributed by atoms with Crippen LogP contribution in [0.15, 0.2) is 54.0 Å². The van der Waals surface area contributed by atoms with E-state index in [1.54, 1.807) is 6.20 Å². The van der Waals surface area contributed by atoms with Crippen LogP contribution in [0.2, 0.25) is 0 Å². The second kappa shape index (κ2) is 6.67. The first-order valence-electron chi connectivity index (χ1n) is 10.5. The number of hydrogen-bond acceptors (Lipinski definition) is 4. The lowest BCUT2D eigenvalue weighted by atomic mass is 9.82. The molecule has 0 unspecified atom stereocenters. The maximum atomic E-state index is 13.3. The molecule has 1 saturated heterocycles. The number of imidazole rings is 1. The van der Waals surface area contributed by atoms with E-state index in [2.05, 4.69) is 38.2 Å². The van der Waals surface area contributed by atoms with Crippen LogP contribution in [0.4, 0.5) is 0 Å². The van der Waals surface area contributed by atoms with Gasteiger partial charge in [-0.05, 0) is 36.1 Å². The molecule has 6 rings (SSSR count). The summed E-state index contributed by atoms with van der Waals surface area (Å²) >= 11 is 0. The van der Waals surface area contributed by atoms with Gasteiger partial charge in [-0.2, -0.15) is 0 Å². The van der Waals surface area contributed by atoms with Crippen LogP contribution < -0.4 is 5.56 Å². The fraction of sp³-hybridized carbons (Fsp3) is 0.348. The standard InChI is InChI=1S/C23H24N6O/c1-27-7-6-25-22(27)19-2-3-21-16-8-15(12-29(21)23(19)30)11-28(13-16)14-17-9-26-20-10-24-5-4-18(17)20/h2-7,9-10,15-16,26H,8,11-14H2,1H3/t15-,16+/m0/s1. The van der Waals surface area contributed by atoms with E-state index in [9.17, 15) is 4.79 Å². The van der Waals surface area contributed by atoms with Crippen LogP contribution in [0.5, 0.6) is 0 Å². The highest BCUT2D eigenvalue weighted by Gasteiger charge is 2.35. The first-order valence-corrected chi connectivity index (χ1v) is 10.5. The second-order valence-corrected chi connectivity index (χ2v) is 8.68. The molecule has 0 amide bonds. The second-order valence-electron chi connectivity index (χ2n) is 8.68. The van der Waals surface area contributed by atoms with Gasteiger partial charge < -0.3 is 14.1 Å². The minimum Gasteiger partial charge on any atom is -0.360 e. The summed E-state index contributed by atoms with van der Waals surface area (Å²) in [5, 5.41) is 1.25. The number of hydrogen-bond donors (Lipinski definition) is 1. The van der Waals surface area contributed by atoms with E-state index < -0.39 is 0 Å². The Labute approximate surface area is 174 Å². The fourth-order valence-corrected chi connectivity index (χ4v) is 5.37. The van der Waals surface area contributed by atoms with E-state index in [1.165, 1.54) is 16.6 Å². The van der Waals surface area contributed by atoms with Crippen molar-refractivity contribution in [2.24, 2.45) is 13.0 Å². The SMILES string of the molecule is Cn1ccnc1-c1ccc2n(c1=O)C[C@H]1C[C@@H]2CN(Cc2c[nH]c3cnccc23)C1. The van der Waals surface area contributed by atoms with Gasteiger partial charge in [0.05, 0.1) is 17.3 Å². The molecule has 1 N–H and O–H groups in total. The van der Waals surface area contributed by atoms with Crippen molar-refractivity contribution >= 4 is 10.9 Å². The number of aromatic nitrogens is 5. The van der Waals surface area contributed by atoms with Crippen molar-refractivity contribution in [2.45, 2.75) is 25.4 Å². The number of nitrogens with one attached hydrogen (secondary N) is 1. The van der Waals surface area contributed by atoms with Crippen LogP contribution in [0.25, 0.3) is 22.3 Å². The quantitative estimate of drug-likeness (QED) is 0.574. The van der Waals surface area contributed by atoms with Crippen LogP contribution in [-0.2, 0) is 20.1 Å². The van der Waals surface area contributed by atoms with Crippen molar-refractivity contribution in [3.63, 3.8) is 0 Å². The maximum Gasteiger partial charge on any atom is 0.261 e. The molecule has 0 aromatic carbocycles. The van der Waals surface area contributed by atoms with Gasteiger partial charge >= 0.3 is 0 Å². The third kappa shape index (κ3) is 2.73. The molecule has 6 heterocycles. The smallest absolute Gasteiger partial charge is 0.261 e. The molecule has 7 heteroatoms. The molecule has 1 fully saturated rings. The normalized spacial score (nSPS) is 21.1. The average Bonchev–Trinajstić information content (AvgIpc) is 3.35. The zero-order chi connectivity index (χ0) is 20.2. The van der Waals surface area contributed by atoms with Gasteiger partial charge in [-0.1, -0.05) is 0 Å². The lowest BCUT2D eigenvalue weighted by Crippen LogP contribution is -2.47. The number of piperidine rings is 1. The minimum atomic E-state index is 0.0917.